The largest absolute Gasteiger partial charge is 0.437 e. The highest BCUT2D eigenvalue weighted by atomic mass is 79.9. The standard InChI is InChI=1S/C21H26BrClN6O2/c22-19-17(4-3-16(20(19)24)29(25)11-13-1-2-13)31-21-14(9-15(23)10-27-21)12-28-7-5-18(30)26-6-8-28/h3-4,9-10,13H,1-2,5-8,11-12,24-25H2,(H,26,30). The smallest absolute Gasteiger partial charge is 0.223 e. The van der Waals surface area contributed by atoms with Crippen LogP contribution in [-0.4, -0.2) is 42.0 Å². The Morgan fingerprint density at radius 1 is 1.35 bits per heavy atom. The molecule has 5 N–H and O–H groups in total. The number of pyridine rings is 1. The molecule has 0 bridgehead atoms. The summed E-state index contributed by atoms with van der Waals surface area (Å²) < 4.78 is 6.76. The molecule has 0 spiro atoms. The summed E-state index contributed by atoms with van der Waals surface area (Å²) in [5.74, 6) is 7.91. The predicted octanol–water partition coefficient (Wildman–Crippen LogP) is 3.28. The van der Waals surface area contributed by atoms with Crippen LogP contribution in [0, 0.1) is 5.92 Å². The van der Waals surface area contributed by atoms with Gasteiger partial charge in [-0.3, -0.25) is 9.69 Å². The molecule has 10 heteroatoms. The summed E-state index contributed by atoms with van der Waals surface area (Å²) in [6, 6.07) is 5.53. The first-order chi connectivity index (χ1) is 14.9. The molecule has 1 aromatic heterocycles. The molecule has 4 rings (SSSR count). The fraction of sp³-hybridized carbons (Fsp3) is 0.429. The highest BCUT2D eigenvalue weighted by molar-refractivity contribution is 9.10. The molecule has 2 fully saturated rings. The Kier molecular flexibility index (Phi) is 6.86. The van der Waals surface area contributed by atoms with E-state index in [1.807, 2.05) is 18.2 Å². The van der Waals surface area contributed by atoms with Crippen molar-refractivity contribution in [1.82, 2.24) is 15.2 Å². The van der Waals surface area contributed by atoms with E-state index < -0.39 is 0 Å². The second-order valence-corrected chi connectivity index (χ2v) is 9.23. The van der Waals surface area contributed by atoms with Gasteiger partial charge in [-0.2, -0.15) is 0 Å². The summed E-state index contributed by atoms with van der Waals surface area (Å²) in [6.07, 6.45) is 4.44. The Balaban J connectivity index is 1.53. The van der Waals surface area contributed by atoms with Crippen molar-refractivity contribution < 1.29 is 9.53 Å². The average molecular weight is 510 g/mol. The number of amides is 1. The first-order valence-electron chi connectivity index (χ1n) is 10.3. The second-order valence-electron chi connectivity index (χ2n) is 8.00. The Hall–Kier alpha value is -2.07. The highest BCUT2D eigenvalue weighted by Crippen LogP contribution is 2.41. The summed E-state index contributed by atoms with van der Waals surface area (Å²) in [5, 5.41) is 5.11. The molecule has 0 unspecified atom stereocenters. The zero-order valence-electron chi connectivity index (χ0n) is 17.1. The molecule has 166 valence electrons. The van der Waals surface area contributed by atoms with Gasteiger partial charge in [-0.25, -0.2) is 10.8 Å². The molecule has 1 aliphatic heterocycles. The van der Waals surface area contributed by atoms with Crippen LogP contribution < -0.4 is 26.6 Å². The van der Waals surface area contributed by atoms with Crippen molar-refractivity contribution in [3.05, 3.63) is 39.5 Å². The van der Waals surface area contributed by atoms with E-state index in [4.69, 9.17) is 27.9 Å². The molecule has 0 radical (unpaired) electrons. The number of hydrazine groups is 1. The van der Waals surface area contributed by atoms with Crippen LogP contribution in [0.5, 0.6) is 11.6 Å². The molecule has 1 saturated carbocycles. The van der Waals surface area contributed by atoms with Gasteiger partial charge in [-0.1, -0.05) is 11.6 Å². The lowest BCUT2D eigenvalue weighted by Crippen LogP contribution is -2.33. The second kappa shape index (κ2) is 9.60. The number of nitrogens with zero attached hydrogens (tertiary/aromatic N) is 3. The minimum atomic E-state index is 0.0679. The first kappa shape index (κ1) is 22.1. The molecular weight excluding hydrogens is 484 g/mol. The van der Waals surface area contributed by atoms with Crippen molar-refractivity contribution in [3.8, 4) is 11.6 Å². The van der Waals surface area contributed by atoms with Crippen molar-refractivity contribution in [2.24, 2.45) is 11.8 Å². The molecule has 2 aliphatic rings. The van der Waals surface area contributed by atoms with Crippen LogP contribution in [0.15, 0.2) is 28.9 Å². The van der Waals surface area contributed by atoms with Crippen LogP contribution in [0.3, 0.4) is 0 Å². The van der Waals surface area contributed by atoms with Gasteiger partial charge in [0, 0.05) is 50.9 Å². The van der Waals surface area contributed by atoms with Crippen LogP contribution >= 0.6 is 27.5 Å². The van der Waals surface area contributed by atoms with Gasteiger partial charge in [0.15, 0.2) is 0 Å². The lowest BCUT2D eigenvalue weighted by Gasteiger charge is -2.23. The van der Waals surface area contributed by atoms with Crippen molar-refractivity contribution in [2.45, 2.75) is 25.8 Å². The fourth-order valence-electron chi connectivity index (χ4n) is 3.56. The van der Waals surface area contributed by atoms with Gasteiger partial charge in [-0.05, 0) is 52.9 Å². The average Bonchev–Trinajstić information content (AvgIpc) is 3.56. The maximum Gasteiger partial charge on any atom is 0.223 e. The molecule has 2 heterocycles. The van der Waals surface area contributed by atoms with Crippen molar-refractivity contribution in [2.75, 3.05) is 36.9 Å². The number of hydrogen-bond acceptors (Lipinski definition) is 7. The number of carbonyl (C=O) groups excluding carboxylic acids is 1. The summed E-state index contributed by atoms with van der Waals surface area (Å²) in [7, 11) is 0. The quantitative estimate of drug-likeness (QED) is 0.298. The van der Waals surface area contributed by atoms with Gasteiger partial charge in [-0.15, -0.1) is 0 Å². The van der Waals surface area contributed by atoms with E-state index in [1.165, 1.54) is 12.8 Å². The summed E-state index contributed by atoms with van der Waals surface area (Å²) >= 11 is 9.75. The summed E-state index contributed by atoms with van der Waals surface area (Å²) in [6.45, 7) is 3.38. The fourth-order valence-corrected chi connectivity index (χ4v) is 4.16. The lowest BCUT2D eigenvalue weighted by atomic mass is 10.2. The lowest BCUT2D eigenvalue weighted by molar-refractivity contribution is -0.120. The third kappa shape index (κ3) is 5.60. The Morgan fingerprint density at radius 3 is 2.94 bits per heavy atom. The number of carbonyl (C=O) groups is 1. The molecule has 1 aliphatic carbocycles. The summed E-state index contributed by atoms with van der Waals surface area (Å²) in [4.78, 5) is 18.2. The Labute approximate surface area is 195 Å². The maximum atomic E-state index is 11.6. The van der Waals surface area contributed by atoms with E-state index in [0.29, 0.717) is 58.8 Å². The third-order valence-electron chi connectivity index (χ3n) is 5.48. The zero-order valence-corrected chi connectivity index (χ0v) is 19.5. The third-order valence-corrected chi connectivity index (χ3v) is 6.51. The molecule has 31 heavy (non-hydrogen) atoms. The van der Waals surface area contributed by atoms with Crippen LogP contribution in [0.25, 0.3) is 0 Å². The van der Waals surface area contributed by atoms with E-state index in [2.05, 4.69) is 31.1 Å². The number of anilines is 2. The summed E-state index contributed by atoms with van der Waals surface area (Å²) in [5.41, 5.74) is 8.46. The van der Waals surface area contributed by atoms with Crippen LogP contribution in [0.2, 0.25) is 5.02 Å². The first-order valence-corrected chi connectivity index (χ1v) is 11.5. The van der Waals surface area contributed by atoms with Gasteiger partial charge in [0.25, 0.3) is 0 Å². The number of aromatic nitrogens is 1. The van der Waals surface area contributed by atoms with Crippen molar-refractivity contribution in [3.63, 3.8) is 0 Å². The van der Waals surface area contributed by atoms with E-state index in [0.717, 1.165) is 24.3 Å². The van der Waals surface area contributed by atoms with Crippen LogP contribution in [0.1, 0.15) is 24.8 Å². The number of rotatable bonds is 7. The SMILES string of the molecule is Nc1c(N(N)CC2CC2)ccc(Oc2ncc(Cl)cc2CN2CCNC(=O)CC2)c1Br. The predicted molar refractivity (Wildman–Crippen MR) is 125 cm³/mol. The molecule has 1 amide bonds. The van der Waals surface area contributed by atoms with Crippen LogP contribution in [0.4, 0.5) is 11.4 Å². The maximum absolute atomic E-state index is 11.6. The number of ether oxygens (including phenoxy) is 1. The van der Waals surface area contributed by atoms with Crippen molar-refractivity contribution >= 4 is 44.8 Å². The number of nitrogens with one attached hydrogen (secondary N) is 1. The molecular formula is C21H26BrClN6O2. The van der Waals surface area contributed by atoms with E-state index in [9.17, 15) is 4.79 Å². The number of nitrogens with two attached hydrogens (primary N) is 2. The molecule has 1 saturated heterocycles. The normalized spacial score (nSPS) is 17.2. The van der Waals surface area contributed by atoms with Crippen molar-refractivity contribution in [1.29, 1.82) is 0 Å². The van der Waals surface area contributed by atoms with Gasteiger partial charge in [0.1, 0.15) is 5.75 Å². The van der Waals surface area contributed by atoms with E-state index in [1.54, 1.807) is 11.2 Å². The van der Waals surface area contributed by atoms with Gasteiger partial charge < -0.3 is 20.8 Å². The van der Waals surface area contributed by atoms with Gasteiger partial charge in [0.05, 0.1) is 20.9 Å². The molecule has 0 atom stereocenters. The number of benzene rings is 1. The number of nitrogen functional groups attached to an aromatic ring is 1. The zero-order chi connectivity index (χ0) is 22.0. The van der Waals surface area contributed by atoms with E-state index in [-0.39, 0.29) is 5.91 Å². The number of halogens is 2. The minimum absolute atomic E-state index is 0.0679. The molecule has 2 aromatic rings. The van der Waals surface area contributed by atoms with E-state index >= 15 is 0 Å². The monoisotopic (exact) mass is 508 g/mol. The Bertz CT molecular complexity index is 971. The van der Waals surface area contributed by atoms with Crippen LogP contribution in [-0.2, 0) is 11.3 Å². The van der Waals surface area contributed by atoms with Gasteiger partial charge in [0.2, 0.25) is 11.8 Å². The molecule has 1 aromatic carbocycles. The molecule has 8 nitrogen and oxygen atoms in total. The number of hydrogen-bond donors (Lipinski definition) is 3. The topological polar surface area (TPSA) is 110 Å². The Morgan fingerprint density at radius 2 is 2.16 bits per heavy atom. The highest BCUT2D eigenvalue weighted by Gasteiger charge is 2.25. The minimum Gasteiger partial charge on any atom is -0.437 e. The van der Waals surface area contributed by atoms with Gasteiger partial charge >= 0.3 is 0 Å².